The first-order valence-corrected chi connectivity index (χ1v) is 8.47. The molecule has 3 heterocycles. The molecule has 1 amide bonds. The summed E-state index contributed by atoms with van der Waals surface area (Å²) in [5, 5.41) is 16.6. The smallest absolute Gasteiger partial charge is 0.261 e. The van der Waals surface area contributed by atoms with Gasteiger partial charge in [-0.25, -0.2) is 0 Å². The molecule has 0 bridgehead atoms. The molecule has 3 rings (SSSR count). The summed E-state index contributed by atoms with van der Waals surface area (Å²) in [4.78, 5) is 17.4. The van der Waals surface area contributed by atoms with Gasteiger partial charge < -0.3 is 9.84 Å². The Kier molecular flexibility index (Phi) is 4.95. The molecule has 0 aliphatic carbocycles. The van der Waals surface area contributed by atoms with Crippen LogP contribution in [0.2, 0.25) is 0 Å². The van der Waals surface area contributed by atoms with E-state index >= 15 is 0 Å². The van der Waals surface area contributed by atoms with E-state index in [1.54, 1.807) is 24.4 Å². The van der Waals surface area contributed by atoms with E-state index in [0.29, 0.717) is 34.6 Å². The molecule has 3 aromatic rings. The SMILES string of the molecule is CC(C)C[C@H](NC(=O)c1cccs1)c1nc(-c2cccnn2)no1. The Morgan fingerprint density at radius 2 is 2.21 bits per heavy atom. The van der Waals surface area contributed by atoms with Crippen LogP contribution >= 0.6 is 11.3 Å². The van der Waals surface area contributed by atoms with E-state index in [1.165, 1.54) is 11.3 Å². The van der Waals surface area contributed by atoms with Crippen LogP contribution in [0.25, 0.3) is 11.5 Å². The lowest BCUT2D eigenvalue weighted by molar-refractivity contribution is 0.0926. The highest BCUT2D eigenvalue weighted by Gasteiger charge is 2.24. The summed E-state index contributed by atoms with van der Waals surface area (Å²) in [6, 6.07) is 6.78. The molecule has 0 saturated carbocycles. The van der Waals surface area contributed by atoms with Gasteiger partial charge in [-0.3, -0.25) is 4.79 Å². The molecule has 1 atom stereocenters. The fourth-order valence-electron chi connectivity index (χ4n) is 2.23. The van der Waals surface area contributed by atoms with Crippen LogP contribution in [0.15, 0.2) is 40.4 Å². The normalized spacial score (nSPS) is 12.3. The molecule has 0 spiro atoms. The predicted molar refractivity (Wildman–Crippen MR) is 89.3 cm³/mol. The summed E-state index contributed by atoms with van der Waals surface area (Å²) < 4.78 is 5.36. The molecule has 8 heteroatoms. The van der Waals surface area contributed by atoms with Crippen molar-refractivity contribution in [2.24, 2.45) is 5.92 Å². The van der Waals surface area contributed by atoms with Crippen molar-refractivity contribution in [3.8, 4) is 11.5 Å². The summed E-state index contributed by atoms with van der Waals surface area (Å²) >= 11 is 1.39. The maximum Gasteiger partial charge on any atom is 0.261 e. The van der Waals surface area contributed by atoms with Crippen molar-refractivity contribution in [1.82, 2.24) is 25.7 Å². The number of nitrogens with one attached hydrogen (secondary N) is 1. The highest BCUT2D eigenvalue weighted by molar-refractivity contribution is 7.12. The Balaban J connectivity index is 1.81. The van der Waals surface area contributed by atoms with E-state index in [2.05, 4.69) is 39.5 Å². The zero-order chi connectivity index (χ0) is 16.9. The van der Waals surface area contributed by atoms with Gasteiger partial charge in [-0.2, -0.15) is 10.1 Å². The van der Waals surface area contributed by atoms with E-state index in [0.717, 1.165) is 0 Å². The predicted octanol–water partition coefficient (Wildman–Crippen LogP) is 3.11. The Morgan fingerprint density at radius 1 is 1.33 bits per heavy atom. The molecule has 7 nitrogen and oxygen atoms in total. The highest BCUT2D eigenvalue weighted by atomic mass is 32.1. The van der Waals surface area contributed by atoms with Crippen molar-refractivity contribution in [3.05, 3.63) is 46.6 Å². The van der Waals surface area contributed by atoms with Crippen LogP contribution in [0.4, 0.5) is 0 Å². The molecule has 0 aliphatic heterocycles. The number of amides is 1. The molecule has 0 aliphatic rings. The second-order valence-corrected chi connectivity index (χ2v) is 6.65. The van der Waals surface area contributed by atoms with E-state index in [9.17, 15) is 4.79 Å². The Hall–Kier alpha value is -2.61. The molecule has 3 aromatic heterocycles. The number of thiophene rings is 1. The Morgan fingerprint density at radius 3 is 2.88 bits per heavy atom. The quantitative estimate of drug-likeness (QED) is 0.739. The van der Waals surface area contributed by atoms with Crippen molar-refractivity contribution < 1.29 is 9.32 Å². The van der Waals surface area contributed by atoms with E-state index in [-0.39, 0.29) is 11.9 Å². The zero-order valence-corrected chi connectivity index (χ0v) is 14.2. The van der Waals surface area contributed by atoms with Gasteiger partial charge in [0.1, 0.15) is 11.7 Å². The molecular weight excluding hydrogens is 326 g/mol. The first-order chi connectivity index (χ1) is 11.6. The standard InChI is InChI=1S/C16H17N5O2S/c1-10(2)9-12(18-15(22)13-6-4-8-24-13)16-19-14(21-23-16)11-5-3-7-17-20-11/h3-8,10,12H,9H2,1-2H3,(H,18,22)/t12-/m0/s1. The summed E-state index contributed by atoms with van der Waals surface area (Å²) in [6.07, 6.45) is 2.27. The lowest BCUT2D eigenvalue weighted by Crippen LogP contribution is -2.29. The van der Waals surface area contributed by atoms with Gasteiger partial charge in [-0.1, -0.05) is 25.1 Å². The third-order valence-electron chi connectivity index (χ3n) is 3.30. The molecule has 24 heavy (non-hydrogen) atoms. The maximum absolute atomic E-state index is 12.3. The highest BCUT2D eigenvalue weighted by Crippen LogP contribution is 2.23. The second kappa shape index (κ2) is 7.31. The summed E-state index contributed by atoms with van der Waals surface area (Å²) in [7, 11) is 0. The van der Waals surface area contributed by atoms with E-state index in [4.69, 9.17) is 4.52 Å². The van der Waals surface area contributed by atoms with Crippen LogP contribution in [0.3, 0.4) is 0 Å². The molecule has 0 aromatic carbocycles. The van der Waals surface area contributed by atoms with Crippen LogP contribution in [0.5, 0.6) is 0 Å². The van der Waals surface area contributed by atoms with Crippen molar-refractivity contribution in [1.29, 1.82) is 0 Å². The van der Waals surface area contributed by atoms with Gasteiger partial charge in [0.2, 0.25) is 11.7 Å². The average Bonchev–Trinajstić information content (AvgIpc) is 3.26. The number of hydrogen-bond acceptors (Lipinski definition) is 7. The van der Waals surface area contributed by atoms with Crippen LogP contribution in [0.1, 0.15) is 41.9 Å². The van der Waals surface area contributed by atoms with Gasteiger partial charge in [-0.15, -0.1) is 16.4 Å². The monoisotopic (exact) mass is 343 g/mol. The van der Waals surface area contributed by atoms with Gasteiger partial charge in [0.25, 0.3) is 5.91 Å². The van der Waals surface area contributed by atoms with Crippen LogP contribution in [0, 0.1) is 5.92 Å². The van der Waals surface area contributed by atoms with Crippen LogP contribution in [-0.2, 0) is 0 Å². The van der Waals surface area contributed by atoms with Crippen molar-refractivity contribution in [2.45, 2.75) is 26.3 Å². The Labute approximate surface area is 143 Å². The number of rotatable bonds is 6. The summed E-state index contributed by atoms with van der Waals surface area (Å²) in [5.41, 5.74) is 0.528. The van der Waals surface area contributed by atoms with Gasteiger partial charge >= 0.3 is 0 Å². The topological polar surface area (TPSA) is 93.8 Å². The molecule has 0 fully saturated rings. The maximum atomic E-state index is 12.3. The molecule has 124 valence electrons. The Bertz CT molecular complexity index is 786. The fourth-order valence-corrected chi connectivity index (χ4v) is 2.86. The van der Waals surface area contributed by atoms with Crippen molar-refractivity contribution >= 4 is 17.2 Å². The van der Waals surface area contributed by atoms with Crippen LogP contribution < -0.4 is 5.32 Å². The molecule has 0 unspecified atom stereocenters. The van der Waals surface area contributed by atoms with Gasteiger partial charge in [0.15, 0.2) is 0 Å². The molecule has 0 radical (unpaired) electrons. The first-order valence-electron chi connectivity index (χ1n) is 7.59. The molecular formula is C16H17N5O2S. The number of hydrogen-bond donors (Lipinski definition) is 1. The first kappa shape index (κ1) is 16.3. The second-order valence-electron chi connectivity index (χ2n) is 5.70. The molecule has 1 N–H and O–H groups in total. The van der Waals surface area contributed by atoms with Crippen molar-refractivity contribution in [3.63, 3.8) is 0 Å². The third kappa shape index (κ3) is 3.83. The molecule has 0 saturated heterocycles. The lowest BCUT2D eigenvalue weighted by Gasteiger charge is -2.16. The third-order valence-corrected chi connectivity index (χ3v) is 4.17. The van der Waals surface area contributed by atoms with E-state index in [1.807, 2.05) is 11.4 Å². The minimum atomic E-state index is -0.350. The lowest BCUT2D eigenvalue weighted by atomic mass is 10.0. The van der Waals surface area contributed by atoms with E-state index < -0.39 is 0 Å². The van der Waals surface area contributed by atoms with Gasteiger partial charge in [-0.05, 0) is 35.9 Å². The minimum Gasteiger partial charge on any atom is -0.340 e. The number of carbonyl (C=O) groups is 1. The number of aromatic nitrogens is 4. The van der Waals surface area contributed by atoms with Crippen molar-refractivity contribution in [2.75, 3.05) is 0 Å². The van der Waals surface area contributed by atoms with Crippen LogP contribution in [-0.4, -0.2) is 26.2 Å². The summed E-state index contributed by atoms with van der Waals surface area (Å²) in [6.45, 7) is 4.15. The van der Waals surface area contributed by atoms with Gasteiger partial charge in [0, 0.05) is 6.20 Å². The van der Waals surface area contributed by atoms with Gasteiger partial charge in [0.05, 0.1) is 4.88 Å². The minimum absolute atomic E-state index is 0.144. The largest absolute Gasteiger partial charge is 0.340 e. The average molecular weight is 343 g/mol. The fraction of sp³-hybridized carbons (Fsp3) is 0.312. The number of carbonyl (C=O) groups excluding carboxylic acids is 1. The number of nitrogens with zero attached hydrogens (tertiary/aromatic N) is 4. The zero-order valence-electron chi connectivity index (χ0n) is 13.3. The summed E-state index contributed by atoms with van der Waals surface area (Å²) in [5.74, 6) is 0.937.